The summed E-state index contributed by atoms with van der Waals surface area (Å²) < 4.78 is 36.2. The van der Waals surface area contributed by atoms with E-state index in [1.165, 1.54) is 13.8 Å². The fourth-order valence-corrected chi connectivity index (χ4v) is 1.54. The molecule has 1 aliphatic heterocycles. The molecule has 2 unspecified atom stereocenters. The normalized spacial score (nSPS) is 31.7. The third-order valence-corrected chi connectivity index (χ3v) is 2.60. The van der Waals surface area contributed by atoms with Crippen molar-refractivity contribution < 1.29 is 28.2 Å². The minimum Gasteiger partial charge on any atom is -0.461 e. The maximum absolute atomic E-state index is 13.5. The molecule has 1 aliphatic rings. The fourth-order valence-electron chi connectivity index (χ4n) is 1.54. The van der Waals surface area contributed by atoms with E-state index in [-0.39, 0.29) is 19.6 Å². The van der Waals surface area contributed by atoms with Crippen molar-refractivity contribution in [3.05, 3.63) is 0 Å². The second kappa shape index (κ2) is 4.02. The number of aliphatic hydroxyl groups is 1. The van der Waals surface area contributed by atoms with E-state index >= 15 is 0 Å². The van der Waals surface area contributed by atoms with Crippen LogP contribution >= 0.6 is 0 Å². The van der Waals surface area contributed by atoms with Crippen LogP contribution in [0.1, 0.15) is 20.3 Å². The van der Waals surface area contributed by atoms with Gasteiger partial charge in [-0.2, -0.15) is 8.78 Å². The summed E-state index contributed by atoms with van der Waals surface area (Å²) in [6, 6.07) is 0. The maximum Gasteiger partial charge on any atom is 0.380 e. The minimum atomic E-state index is -3.93. The molecular formula is C9H14F2O4. The molecule has 0 radical (unpaired) electrons. The molecule has 0 amide bonds. The lowest BCUT2D eigenvalue weighted by Gasteiger charge is -2.32. The molecule has 0 saturated carbocycles. The molecule has 1 N–H and O–H groups in total. The van der Waals surface area contributed by atoms with Crippen molar-refractivity contribution in [1.29, 1.82) is 0 Å². The van der Waals surface area contributed by atoms with E-state index in [2.05, 4.69) is 4.74 Å². The van der Waals surface area contributed by atoms with Gasteiger partial charge in [-0.3, -0.25) is 0 Å². The van der Waals surface area contributed by atoms with E-state index in [0.717, 1.165) is 0 Å². The van der Waals surface area contributed by atoms with Gasteiger partial charge in [0.05, 0.1) is 19.3 Å². The van der Waals surface area contributed by atoms with Crippen LogP contribution < -0.4 is 0 Å². The molecular weight excluding hydrogens is 210 g/mol. The number of carbonyl (C=O) groups is 1. The molecule has 1 saturated heterocycles. The van der Waals surface area contributed by atoms with Gasteiger partial charge in [0.2, 0.25) is 0 Å². The average Bonchev–Trinajstić information content (AvgIpc) is 2.49. The summed E-state index contributed by atoms with van der Waals surface area (Å²) in [6.07, 6.45) is -1.36. The first-order valence-corrected chi connectivity index (χ1v) is 4.75. The van der Waals surface area contributed by atoms with Crippen molar-refractivity contribution in [1.82, 2.24) is 0 Å². The number of halogens is 2. The molecule has 6 heteroatoms. The van der Waals surface area contributed by atoms with Crippen molar-refractivity contribution in [3.63, 3.8) is 0 Å². The largest absolute Gasteiger partial charge is 0.461 e. The zero-order valence-electron chi connectivity index (χ0n) is 8.63. The monoisotopic (exact) mass is 224 g/mol. The lowest BCUT2D eigenvalue weighted by Crippen LogP contribution is -2.57. The van der Waals surface area contributed by atoms with Crippen molar-refractivity contribution in [2.75, 3.05) is 13.2 Å². The Morgan fingerprint density at radius 3 is 2.73 bits per heavy atom. The summed E-state index contributed by atoms with van der Waals surface area (Å²) in [5.41, 5.74) is -2.46. The molecule has 0 spiro atoms. The van der Waals surface area contributed by atoms with E-state index < -0.39 is 23.6 Å². The SMILES string of the molecule is CCOC(=O)C(F)(F)C1(O)CCOC1C. The summed E-state index contributed by atoms with van der Waals surface area (Å²) >= 11 is 0. The highest BCUT2D eigenvalue weighted by atomic mass is 19.3. The zero-order chi connectivity index (χ0) is 11.7. The Bertz CT molecular complexity index is 256. The van der Waals surface area contributed by atoms with Crippen LogP contribution in [0.25, 0.3) is 0 Å². The second-order valence-electron chi connectivity index (χ2n) is 3.48. The highest BCUT2D eigenvalue weighted by molar-refractivity contribution is 5.79. The van der Waals surface area contributed by atoms with Gasteiger partial charge in [0.1, 0.15) is 0 Å². The smallest absolute Gasteiger partial charge is 0.380 e. The third kappa shape index (κ3) is 1.83. The number of carbonyl (C=O) groups excluding carboxylic acids is 1. The van der Waals surface area contributed by atoms with Gasteiger partial charge in [0.15, 0.2) is 5.60 Å². The van der Waals surface area contributed by atoms with Crippen LogP contribution in [-0.4, -0.2) is 41.9 Å². The topological polar surface area (TPSA) is 55.8 Å². The number of alkyl halides is 2. The summed E-state index contributed by atoms with van der Waals surface area (Å²) in [5.74, 6) is -5.64. The van der Waals surface area contributed by atoms with Crippen LogP contribution in [0.15, 0.2) is 0 Å². The number of esters is 1. The van der Waals surface area contributed by atoms with Gasteiger partial charge in [-0.25, -0.2) is 4.79 Å². The van der Waals surface area contributed by atoms with Gasteiger partial charge >= 0.3 is 11.9 Å². The molecule has 15 heavy (non-hydrogen) atoms. The van der Waals surface area contributed by atoms with Crippen LogP contribution in [-0.2, 0) is 14.3 Å². The predicted molar refractivity (Wildman–Crippen MR) is 46.6 cm³/mol. The third-order valence-electron chi connectivity index (χ3n) is 2.60. The standard InChI is InChI=1S/C9H14F2O4/c1-3-14-7(12)9(10,11)8(13)4-5-15-6(8)2/h6,13H,3-5H2,1-2H3. The highest BCUT2D eigenvalue weighted by Gasteiger charge is 2.64. The van der Waals surface area contributed by atoms with Gasteiger partial charge in [0.25, 0.3) is 0 Å². The van der Waals surface area contributed by atoms with Gasteiger partial charge in [-0.05, 0) is 13.8 Å². The van der Waals surface area contributed by atoms with Crippen LogP contribution in [0, 0.1) is 0 Å². The first-order chi connectivity index (χ1) is 6.86. The van der Waals surface area contributed by atoms with Crippen molar-refractivity contribution >= 4 is 5.97 Å². The van der Waals surface area contributed by atoms with Crippen molar-refractivity contribution in [3.8, 4) is 0 Å². The molecule has 0 bridgehead atoms. The van der Waals surface area contributed by atoms with Crippen LogP contribution in [0.3, 0.4) is 0 Å². The van der Waals surface area contributed by atoms with Crippen molar-refractivity contribution in [2.45, 2.75) is 37.9 Å². The second-order valence-corrected chi connectivity index (χ2v) is 3.48. The molecule has 88 valence electrons. The molecule has 1 rings (SSSR count). The highest BCUT2D eigenvalue weighted by Crippen LogP contribution is 2.40. The van der Waals surface area contributed by atoms with Crippen LogP contribution in [0.5, 0.6) is 0 Å². The molecule has 0 aromatic rings. The van der Waals surface area contributed by atoms with Gasteiger partial charge in [0, 0.05) is 6.42 Å². The predicted octanol–water partition coefficient (Wildman–Crippen LogP) is 0.725. The summed E-state index contributed by atoms with van der Waals surface area (Å²) in [6.45, 7) is 2.58. The lowest BCUT2D eigenvalue weighted by atomic mass is 9.89. The summed E-state index contributed by atoms with van der Waals surface area (Å²) in [5, 5.41) is 9.71. The Labute approximate surface area is 86.2 Å². The van der Waals surface area contributed by atoms with E-state index in [4.69, 9.17) is 4.74 Å². The van der Waals surface area contributed by atoms with Gasteiger partial charge < -0.3 is 14.6 Å². The lowest BCUT2D eigenvalue weighted by molar-refractivity contribution is -0.222. The number of hydrogen-bond donors (Lipinski definition) is 1. The molecule has 2 atom stereocenters. The average molecular weight is 224 g/mol. The Hall–Kier alpha value is -0.750. The Kier molecular flexibility index (Phi) is 3.30. The number of rotatable bonds is 3. The number of ether oxygens (including phenoxy) is 2. The Morgan fingerprint density at radius 2 is 2.33 bits per heavy atom. The zero-order valence-corrected chi connectivity index (χ0v) is 8.63. The van der Waals surface area contributed by atoms with E-state index in [1.54, 1.807) is 0 Å². The molecule has 0 aliphatic carbocycles. The fraction of sp³-hybridized carbons (Fsp3) is 0.889. The van der Waals surface area contributed by atoms with E-state index in [1.807, 2.05) is 0 Å². The van der Waals surface area contributed by atoms with Crippen LogP contribution in [0.4, 0.5) is 8.78 Å². The molecule has 0 aromatic carbocycles. The van der Waals surface area contributed by atoms with Gasteiger partial charge in [-0.15, -0.1) is 0 Å². The minimum absolute atomic E-state index is 0.00661. The van der Waals surface area contributed by atoms with Gasteiger partial charge in [-0.1, -0.05) is 0 Å². The maximum atomic E-state index is 13.5. The Morgan fingerprint density at radius 1 is 1.73 bits per heavy atom. The Balaban J connectivity index is 2.88. The number of hydrogen-bond acceptors (Lipinski definition) is 4. The first kappa shape index (κ1) is 12.3. The first-order valence-electron chi connectivity index (χ1n) is 4.75. The molecule has 0 aromatic heterocycles. The molecule has 1 heterocycles. The molecule has 4 nitrogen and oxygen atoms in total. The van der Waals surface area contributed by atoms with Crippen molar-refractivity contribution in [2.24, 2.45) is 0 Å². The quantitative estimate of drug-likeness (QED) is 0.718. The van der Waals surface area contributed by atoms with Crippen LogP contribution in [0.2, 0.25) is 0 Å². The van der Waals surface area contributed by atoms with E-state index in [9.17, 15) is 18.7 Å². The summed E-state index contributed by atoms with van der Waals surface area (Å²) in [4.78, 5) is 11.0. The van der Waals surface area contributed by atoms with E-state index in [0.29, 0.717) is 0 Å². The molecule has 1 fully saturated rings. The summed E-state index contributed by atoms with van der Waals surface area (Å²) in [7, 11) is 0.